The number of benzene rings is 1. The number of halogens is 3. The summed E-state index contributed by atoms with van der Waals surface area (Å²) in [7, 11) is 0. The lowest BCUT2D eigenvalue weighted by Gasteiger charge is -2.11. The van der Waals surface area contributed by atoms with Gasteiger partial charge in [-0.15, -0.1) is 0 Å². The van der Waals surface area contributed by atoms with Crippen LogP contribution in [0.15, 0.2) is 29.3 Å². The second-order valence-corrected chi connectivity index (χ2v) is 5.34. The van der Waals surface area contributed by atoms with Crippen LogP contribution in [0.4, 0.5) is 11.4 Å². The zero-order valence-electron chi connectivity index (χ0n) is 10.4. The molecule has 0 spiro atoms. The minimum absolute atomic E-state index is 0.199. The van der Waals surface area contributed by atoms with E-state index in [-0.39, 0.29) is 27.3 Å². The third kappa shape index (κ3) is 3.87. The van der Waals surface area contributed by atoms with Crippen molar-refractivity contribution in [3.05, 3.63) is 50.1 Å². The average Bonchev–Trinajstić information content (AvgIpc) is 2.38. The van der Waals surface area contributed by atoms with Crippen molar-refractivity contribution in [2.75, 3.05) is 11.1 Å². The molecule has 1 amide bonds. The molecular formula is C12H9Cl3N4O2. The minimum Gasteiger partial charge on any atom is -0.399 e. The van der Waals surface area contributed by atoms with Crippen molar-refractivity contribution in [3.63, 3.8) is 0 Å². The van der Waals surface area contributed by atoms with Crippen molar-refractivity contribution in [2.45, 2.75) is 6.54 Å². The van der Waals surface area contributed by atoms with E-state index in [2.05, 4.69) is 10.3 Å². The maximum atomic E-state index is 11.9. The molecule has 21 heavy (non-hydrogen) atoms. The normalized spacial score (nSPS) is 10.4. The van der Waals surface area contributed by atoms with Gasteiger partial charge < -0.3 is 11.1 Å². The molecule has 0 aliphatic heterocycles. The van der Waals surface area contributed by atoms with E-state index in [4.69, 9.17) is 40.5 Å². The van der Waals surface area contributed by atoms with Crippen molar-refractivity contribution in [1.82, 2.24) is 9.55 Å². The van der Waals surface area contributed by atoms with E-state index in [0.717, 1.165) is 4.57 Å². The monoisotopic (exact) mass is 346 g/mol. The molecule has 6 nitrogen and oxygen atoms in total. The number of aromatic nitrogens is 2. The first kappa shape index (κ1) is 15.6. The van der Waals surface area contributed by atoms with E-state index >= 15 is 0 Å². The minimum atomic E-state index is -0.593. The third-order valence-corrected chi connectivity index (χ3v) is 3.26. The smallest absolute Gasteiger partial charge is 0.348 e. The van der Waals surface area contributed by atoms with Gasteiger partial charge in [-0.1, -0.05) is 34.8 Å². The van der Waals surface area contributed by atoms with E-state index in [1.807, 2.05) is 0 Å². The predicted molar refractivity (Wildman–Crippen MR) is 83.0 cm³/mol. The molecule has 0 aliphatic carbocycles. The first-order valence-corrected chi connectivity index (χ1v) is 6.76. The molecule has 0 atom stereocenters. The van der Waals surface area contributed by atoms with Gasteiger partial charge in [0.25, 0.3) is 0 Å². The molecule has 2 rings (SSSR count). The summed E-state index contributed by atoms with van der Waals surface area (Å²) in [5.41, 5.74) is 5.57. The van der Waals surface area contributed by atoms with Crippen LogP contribution in [0.1, 0.15) is 0 Å². The molecule has 0 saturated heterocycles. The van der Waals surface area contributed by atoms with Gasteiger partial charge in [-0.05, 0) is 12.1 Å². The zero-order valence-corrected chi connectivity index (χ0v) is 12.7. The van der Waals surface area contributed by atoms with E-state index in [1.165, 1.54) is 24.5 Å². The first-order chi connectivity index (χ1) is 9.86. The van der Waals surface area contributed by atoms with Gasteiger partial charge in [-0.25, -0.2) is 9.78 Å². The first-order valence-electron chi connectivity index (χ1n) is 5.63. The second-order valence-electron chi connectivity index (χ2n) is 4.09. The molecule has 9 heteroatoms. The van der Waals surface area contributed by atoms with Gasteiger partial charge in [-0.3, -0.25) is 9.36 Å². The van der Waals surface area contributed by atoms with E-state index in [0.29, 0.717) is 5.69 Å². The molecule has 1 aromatic heterocycles. The van der Waals surface area contributed by atoms with Crippen LogP contribution < -0.4 is 16.7 Å². The highest BCUT2D eigenvalue weighted by Crippen LogP contribution is 2.32. The fraction of sp³-hybridized carbons (Fsp3) is 0.0833. The number of nitrogens with two attached hydrogens (primary N) is 1. The van der Waals surface area contributed by atoms with Gasteiger partial charge in [0.1, 0.15) is 6.54 Å². The van der Waals surface area contributed by atoms with Crippen LogP contribution in [0.5, 0.6) is 0 Å². The Labute approximate surface area is 134 Å². The number of nitrogens with zero attached hydrogens (tertiary/aromatic N) is 2. The van der Waals surface area contributed by atoms with Crippen LogP contribution in [0.3, 0.4) is 0 Å². The van der Waals surface area contributed by atoms with Gasteiger partial charge in [0.05, 0.1) is 27.0 Å². The summed E-state index contributed by atoms with van der Waals surface area (Å²) in [5.74, 6) is -0.505. The Hall–Kier alpha value is -1.76. The number of hydrogen-bond donors (Lipinski definition) is 2. The molecule has 1 aromatic carbocycles. The number of carbonyl (C=O) groups excluding carboxylic acids is 1. The van der Waals surface area contributed by atoms with Crippen molar-refractivity contribution in [1.29, 1.82) is 0 Å². The van der Waals surface area contributed by atoms with Crippen LogP contribution in [-0.4, -0.2) is 15.5 Å². The molecule has 0 saturated carbocycles. The molecule has 0 bridgehead atoms. The van der Waals surface area contributed by atoms with E-state index in [1.54, 1.807) is 0 Å². The van der Waals surface area contributed by atoms with E-state index < -0.39 is 11.6 Å². The summed E-state index contributed by atoms with van der Waals surface area (Å²) in [5, 5.41) is 3.15. The van der Waals surface area contributed by atoms with Crippen LogP contribution in [0, 0.1) is 0 Å². The Bertz CT molecular complexity index is 737. The summed E-state index contributed by atoms with van der Waals surface area (Å²) in [6.07, 6.45) is 2.51. The summed E-state index contributed by atoms with van der Waals surface area (Å²) in [6.45, 7) is -0.274. The topological polar surface area (TPSA) is 90.0 Å². The highest BCUT2D eigenvalue weighted by molar-refractivity contribution is 6.40. The Morgan fingerprint density at radius 1 is 1.29 bits per heavy atom. The standard InChI is InChI=1S/C12H9Cl3N4O2/c13-6-3-17-12(21)19(4-6)5-10(20)18-11-8(14)1-7(16)2-9(11)15/h1-4H,5,16H2,(H,18,20). The fourth-order valence-electron chi connectivity index (χ4n) is 1.59. The van der Waals surface area contributed by atoms with E-state index in [9.17, 15) is 9.59 Å². The Morgan fingerprint density at radius 2 is 1.90 bits per heavy atom. The predicted octanol–water partition coefficient (Wildman–Crippen LogP) is 2.42. The lowest BCUT2D eigenvalue weighted by molar-refractivity contribution is -0.116. The number of carbonyl (C=O) groups is 1. The number of nitrogen functional groups attached to an aromatic ring is 1. The SMILES string of the molecule is Nc1cc(Cl)c(NC(=O)Cn2cc(Cl)cnc2=O)c(Cl)c1. The van der Waals surface area contributed by atoms with Crippen molar-refractivity contribution in [2.24, 2.45) is 0 Å². The molecule has 0 aliphatic rings. The summed E-state index contributed by atoms with van der Waals surface area (Å²) < 4.78 is 1.07. The Morgan fingerprint density at radius 3 is 2.52 bits per heavy atom. The quantitative estimate of drug-likeness (QED) is 0.834. The number of amides is 1. The third-order valence-electron chi connectivity index (χ3n) is 2.47. The second kappa shape index (κ2) is 6.34. The summed E-state index contributed by atoms with van der Waals surface area (Å²) >= 11 is 17.6. The van der Waals surface area contributed by atoms with Crippen molar-refractivity contribution >= 4 is 52.1 Å². The number of rotatable bonds is 3. The zero-order chi connectivity index (χ0) is 15.6. The number of nitrogens with one attached hydrogen (secondary N) is 1. The molecule has 0 radical (unpaired) electrons. The summed E-state index contributed by atoms with van der Waals surface area (Å²) in [6, 6.07) is 2.91. The molecule has 3 N–H and O–H groups in total. The van der Waals surface area contributed by atoms with Gasteiger partial charge in [-0.2, -0.15) is 0 Å². The largest absolute Gasteiger partial charge is 0.399 e. The van der Waals surface area contributed by atoms with Gasteiger partial charge >= 0.3 is 5.69 Å². The van der Waals surface area contributed by atoms with Crippen molar-refractivity contribution < 1.29 is 4.79 Å². The fourth-order valence-corrected chi connectivity index (χ4v) is 2.35. The van der Waals surface area contributed by atoms with Crippen LogP contribution in [0.2, 0.25) is 15.1 Å². The molecular weight excluding hydrogens is 339 g/mol. The highest BCUT2D eigenvalue weighted by Gasteiger charge is 2.12. The van der Waals surface area contributed by atoms with Crippen LogP contribution in [0.25, 0.3) is 0 Å². The number of anilines is 2. The van der Waals surface area contributed by atoms with Crippen LogP contribution in [-0.2, 0) is 11.3 Å². The Balaban J connectivity index is 2.19. The lowest BCUT2D eigenvalue weighted by Crippen LogP contribution is -2.28. The maximum Gasteiger partial charge on any atom is 0.348 e. The molecule has 0 unspecified atom stereocenters. The molecule has 110 valence electrons. The maximum absolute atomic E-state index is 11.9. The average molecular weight is 348 g/mol. The lowest BCUT2D eigenvalue weighted by atomic mass is 10.3. The summed E-state index contributed by atoms with van der Waals surface area (Å²) in [4.78, 5) is 26.9. The molecule has 1 heterocycles. The number of hydrogen-bond acceptors (Lipinski definition) is 4. The van der Waals surface area contributed by atoms with Gasteiger partial charge in [0.2, 0.25) is 5.91 Å². The van der Waals surface area contributed by atoms with Crippen LogP contribution >= 0.6 is 34.8 Å². The Kier molecular flexibility index (Phi) is 4.72. The van der Waals surface area contributed by atoms with Crippen molar-refractivity contribution in [3.8, 4) is 0 Å². The molecule has 2 aromatic rings. The molecule has 0 fully saturated rings. The highest BCUT2D eigenvalue weighted by atomic mass is 35.5. The van der Waals surface area contributed by atoms with Gasteiger partial charge in [0, 0.05) is 11.9 Å². The van der Waals surface area contributed by atoms with Gasteiger partial charge in [0.15, 0.2) is 0 Å².